The molecule has 0 saturated carbocycles. The molecule has 0 atom stereocenters. The summed E-state index contributed by atoms with van der Waals surface area (Å²) in [4.78, 5) is 0. The van der Waals surface area contributed by atoms with Gasteiger partial charge in [-0.3, -0.25) is 0 Å². The number of aliphatic hydroxyl groups is 1. The van der Waals surface area contributed by atoms with E-state index in [0.717, 1.165) is 0 Å². The number of halogens is 1. The van der Waals surface area contributed by atoms with Crippen molar-refractivity contribution in [3.8, 4) is 0 Å². The number of alkyl halides is 2. The van der Waals surface area contributed by atoms with Gasteiger partial charge in [-0.15, -0.1) is 0 Å². The Morgan fingerprint density at radius 1 is 0.647 bits per heavy atom. The minimum absolute atomic E-state index is 0.143. The Hall–Kier alpha value is 0.690. The van der Waals surface area contributed by atoms with Gasteiger partial charge < -0.3 is 0 Å². The molecule has 0 radical (unpaired) electrons. The standard InChI is InChI=1S/C15H32IO/c1-2-3-4-5-6-7-8-9-10-11-12-13-14-16-15-17/h17H,2-15H2,1H3/q-1. The first kappa shape index (κ1) is 17.7. The fraction of sp³-hybridized carbons (Fsp3) is 1.00. The average Bonchev–Trinajstić information content (AvgIpc) is 2.35. The van der Waals surface area contributed by atoms with Crippen LogP contribution in [0.4, 0.5) is 0 Å². The van der Waals surface area contributed by atoms with Crippen molar-refractivity contribution in [3.05, 3.63) is 0 Å². The molecule has 0 aliphatic rings. The van der Waals surface area contributed by atoms with E-state index in [4.69, 9.17) is 5.11 Å². The molecule has 0 saturated heterocycles. The molecule has 0 unspecified atom stereocenters. The summed E-state index contributed by atoms with van der Waals surface area (Å²) in [6.07, 6.45) is 17.1. The molecule has 0 aromatic heterocycles. The second-order valence-electron chi connectivity index (χ2n) is 4.89. The normalized spacial score (nSPS) is 11.2. The van der Waals surface area contributed by atoms with Crippen LogP contribution in [0.2, 0.25) is 0 Å². The first-order chi connectivity index (χ1) is 8.41. The van der Waals surface area contributed by atoms with E-state index in [9.17, 15) is 0 Å². The van der Waals surface area contributed by atoms with E-state index in [1.54, 1.807) is 0 Å². The molecule has 0 amide bonds. The van der Waals surface area contributed by atoms with Crippen LogP contribution in [0.1, 0.15) is 84.0 Å². The third kappa shape index (κ3) is 16.7. The van der Waals surface area contributed by atoms with Gasteiger partial charge in [0.2, 0.25) is 0 Å². The molecule has 2 heteroatoms. The Morgan fingerprint density at radius 2 is 1.06 bits per heavy atom. The fourth-order valence-corrected chi connectivity index (χ4v) is 3.51. The zero-order valence-corrected chi connectivity index (χ0v) is 13.9. The molecule has 0 spiro atoms. The Bertz CT molecular complexity index is 114. The molecule has 0 heterocycles. The second-order valence-corrected chi connectivity index (χ2v) is 7.73. The van der Waals surface area contributed by atoms with E-state index < -0.39 is 0 Å². The summed E-state index contributed by atoms with van der Waals surface area (Å²) in [5, 5.41) is 8.69. The van der Waals surface area contributed by atoms with Crippen LogP contribution in [0, 0.1) is 0 Å². The Kier molecular flexibility index (Phi) is 17.4. The molecule has 17 heavy (non-hydrogen) atoms. The second kappa shape index (κ2) is 16.7. The fourth-order valence-electron chi connectivity index (χ4n) is 2.09. The molecule has 0 aromatic rings. The molecule has 1 N–H and O–H groups in total. The molecular weight excluding hydrogens is 323 g/mol. The van der Waals surface area contributed by atoms with Crippen LogP contribution in [0.25, 0.3) is 0 Å². The zero-order valence-electron chi connectivity index (χ0n) is 11.7. The van der Waals surface area contributed by atoms with Gasteiger partial charge in [-0.2, -0.15) is 0 Å². The van der Waals surface area contributed by atoms with E-state index in [1.807, 2.05) is 0 Å². The minimum atomic E-state index is 0.143. The third-order valence-corrected chi connectivity index (χ3v) is 5.21. The summed E-state index contributed by atoms with van der Waals surface area (Å²) >= 11 is 0.143. The number of rotatable bonds is 14. The Labute approximate surface area is 119 Å². The SMILES string of the molecule is CCCCCCCCCCCCCC[I-]CO. The third-order valence-electron chi connectivity index (χ3n) is 3.21. The van der Waals surface area contributed by atoms with E-state index >= 15 is 0 Å². The summed E-state index contributed by atoms with van der Waals surface area (Å²) in [6.45, 7) is 2.28. The van der Waals surface area contributed by atoms with Gasteiger partial charge in [0.05, 0.1) is 0 Å². The predicted octanol–water partition coefficient (Wildman–Crippen LogP) is 1.73. The number of hydrogen-bond donors (Lipinski definition) is 1. The van der Waals surface area contributed by atoms with Crippen molar-refractivity contribution in [2.75, 3.05) is 9.04 Å². The van der Waals surface area contributed by atoms with E-state index in [0.29, 0.717) is 4.61 Å². The maximum atomic E-state index is 8.69. The number of unbranched alkanes of at least 4 members (excludes halogenated alkanes) is 11. The van der Waals surface area contributed by atoms with Crippen LogP contribution < -0.4 is 21.2 Å². The molecule has 0 aromatic carbocycles. The van der Waals surface area contributed by atoms with Crippen LogP contribution in [0.3, 0.4) is 0 Å². The van der Waals surface area contributed by atoms with Crippen LogP contribution >= 0.6 is 0 Å². The summed E-state index contributed by atoms with van der Waals surface area (Å²) in [6, 6.07) is 0. The van der Waals surface area contributed by atoms with Gasteiger partial charge in [0.25, 0.3) is 0 Å². The zero-order chi connectivity index (χ0) is 12.6. The Morgan fingerprint density at radius 3 is 1.47 bits per heavy atom. The van der Waals surface area contributed by atoms with Gasteiger partial charge in [-0.05, 0) is 0 Å². The van der Waals surface area contributed by atoms with Gasteiger partial charge in [0, 0.05) is 0 Å². The first-order valence-electron chi connectivity index (χ1n) is 7.56. The van der Waals surface area contributed by atoms with Gasteiger partial charge in [-0.1, -0.05) is 13.3 Å². The summed E-state index contributed by atoms with van der Waals surface area (Å²) in [5.41, 5.74) is 0. The average molecular weight is 355 g/mol. The van der Waals surface area contributed by atoms with Crippen LogP contribution in [0.5, 0.6) is 0 Å². The number of hydrogen-bond acceptors (Lipinski definition) is 1. The first-order valence-corrected chi connectivity index (χ1v) is 10.6. The van der Waals surface area contributed by atoms with Crippen molar-refractivity contribution in [2.24, 2.45) is 0 Å². The molecule has 106 valence electrons. The van der Waals surface area contributed by atoms with Crippen molar-refractivity contribution in [2.45, 2.75) is 84.0 Å². The topological polar surface area (TPSA) is 20.2 Å². The molecule has 0 bridgehead atoms. The van der Waals surface area contributed by atoms with Crippen molar-refractivity contribution >= 4 is 0 Å². The molecule has 0 aliphatic heterocycles. The molecular formula is C15H32IO-. The van der Waals surface area contributed by atoms with Crippen LogP contribution in [-0.4, -0.2) is 14.1 Å². The van der Waals surface area contributed by atoms with Gasteiger partial charge in [0.15, 0.2) is 0 Å². The quantitative estimate of drug-likeness (QED) is 0.286. The van der Waals surface area contributed by atoms with Crippen molar-refractivity contribution in [1.29, 1.82) is 0 Å². The van der Waals surface area contributed by atoms with Gasteiger partial charge in [0.1, 0.15) is 0 Å². The Balaban J connectivity index is 2.85. The summed E-state index contributed by atoms with van der Waals surface area (Å²) in [7, 11) is 0. The van der Waals surface area contributed by atoms with E-state index in [1.165, 1.54) is 81.5 Å². The van der Waals surface area contributed by atoms with Gasteiger partial charge in [-0.25, -0.2) is 0 Å². The van der Waals surface area contributed by atoms with Crippen molar-refractivity contribution < 1.29 is 26.3 Å². The van der Waals surface area contributed by atoms with Gasteiger partial charge >= 0.3 is 106 Å². The van der Waals surface area contributed by atoms with Crippen molar-refractivity contribution in [1.82, 2.24) is 0 Å². The summed E-state index contributed by atoms with van der Waals surface area (Å²) in [5.74, 6) is 0. The van der Waals surface area contributed by atoms with Crippen molar-refractivity contribution in [3.63, 3.8) is 0 Å². The van der Waals surface area contributed by atoms with E-state index in [2.05, 4.69) is 6.92 Å². The van der Waals surface area contributed by atoms with Crippen LogP contribution in [-0.2, 0) is 0 Å². The molecule has 0 fully saturated rings. The summed E-state index contributed by atoms with van der Waals surface area (Å²) < 4.78 is 1.81. The monoisotopic (exact) mass is 355 g/mol. The van der Waals surface area contributed by atoms with E-state index in [-0.39, 0.29) is 21.2 Å². The number of aliphatic hydroxyl groups excluding tert-OH is 1. The maximum absolute atomic E-state index is 8.69. The predicted molar refractivity (Wildman–Crippen MR) is 73.0 cm³/mol. The molecule has 1 nitrogen and oxygen atoms in total. The molecule has 0 aliphatic carbocycles. The molecule has 0 rings (SSSR count). The van der Waals surface area contributed by atoms with Crippen LogP contribution in [0.15, 0.2) is 0 Å².